The number of nitrogens with two attached hydrogens (primary N) is 3. The highest BCUT2D eigenvalue weighted by Crippen LogP contribution is 2.23. The van der Waals surface area contributed by atoms with Crippen molar-refractivity contribution in [1.82, 2.24) is 14.9 Å². The van der Waals surface area contributed by atoms with E-state index in [1.54, 1.807) is 18.2 Å². The van der Waals surface area contributed by atoms with Crippen molar-refractivity contribution in [2.45, 2.75) is 25.3 Å². The van der Waals surface area contributed by atoms with E-state index in [2.05, 4.69) is 9.97 Å². The summed E-state index contributed by atoms with van der Waals surface area (Å²) in [5.41, 5.74) is 19.3. The maximum absolute atomic E-state index is 12.7. The summed E-state index contributed by atoms with van der Waals surface area (Å²) in [4.78, 5) is 22.6. The smallest absolute Gasteiger partial charge is 0.254 e. The molecule has 7 heteroatoms. The van der Waals surface area contributed by atoms with Crippen molar-refractivity contribution in [1.29, 1.82) is 0 Å². The summed E-state index contributed by atoms with van der Waals surface area (Å²) >= 11 is 0. The number of benzene rings is 1. The van der Waals surface area contributed by atoms with Gasteiger partial charge in [-0.3, -0.25) is 4.79 Å². The first-order valence-corrected chi connectivity index (χ1v) is 8.10. The van der Waals surface area contributed by atoms with Crippen molar-refractivity contribution in [2.75, 3.05) is 24.6 Å². The molecule has 2 heterocycles. The van der Waals surface area contributed by atoms with E-state index >= 15 is 0 Å². The third-order valence-corrected chi connectivity index (χ3v) is 4.35. The monoisotopic (exact) mass is 326 g/mol. The van der Waals surface area contributed by atoms with Crippen molar-refractivity contribution in [2.24, 2.45) is 5.73 Å². The minimum Gasteiger partial charge on any atom is -0.384 e. The Labute approximate surface area is 140 Å². The Morgan fingerprint density at radius 3 is 2.58 bits per heavy atom. The fraction of sp³-hybridized carbons (Fsp3) is 0.353. The number of aromatic nitrogens is 2. The summed E-state index contributed by atoms with van der Waals surface area (Å²) in [5, 5.41) is 0. The molecule has 1 aliphatic rings. The van der Waals surface area contributed by atoms with Crippen LogP contribution in [0.4, 0.5) is 11.8 Å². The summed E-state index contributed by atoms with van der Waals surface area (Å²) in [6.07, 6.45) is 3.13. The van der Waals surface area contributed by atoms with Crippen LogP contribution in [0.25, 0.3) is 11.3 Å². The highest BCUT2D eigenvalue weighted by atomic mass is 16.2. The first kappa shape index (κ1) is 16.2. The number of likely N-dealkylation sites (tertiary alicyclic amines) is 1. The summed E-state index contributed by atoms with van der Waals surface area (Å²) in [6, 6.07) is 9.07. The number of nitrogens with zero attached hydrogens (tertiary/aromatic N) is 3. The zero-order valence-corrected chi connectivity index (χ0v) is 13.5. The molecule has 1 saturated heterocycles. The van der Waals surface area contributed by atoms with E-state index in [0.717, 1.165) is 31.4 Å². The second kappa shape index (κ2) is 6.84. The number of nitrogen functional groups attached to an aromatic ring is 2. The molecule has 1 aromatic carbocycles. The van der Waals surface area contributed by atoms with Gasteiger partial charge in [0.05, 0.1) is 5.69 Å². The SMILES string of the molecule is NCC1CCCCN1C(=O)c1ccc(-c2cc(N)nc(N)n2)cc1. The van der Waals surface area contributed by atoms with Crippen LogP contribution in [0, 0.1) is 0 Å². The van der Waals surface area contributed by atoms with Crippen molar-refractivity contribution in [3.05, 3.63) is 35.9 Å². The Morgan fingerprint density at radius 1 is 1.17 bits per heavy atom. The lowest BCUT2D eigenvalue weighted by molar-refractivity contribution is 0.0623. The average molecular weight is 326 g/mol. The van der Waals surface area contributed by atoms with E-state index in [-0.39, 0.29) is 17.9 Å². The van der Waals surface area contributed by atoms with Crippen molar-refractivity contribution in [3.8, 4) is 11.3 Å². The predicted molar refractivity (Wildman–Crippen MR) is 94.0 cm³/mol. The minimum atomic E-state index is 0.0263. The lowest BCUT2D eigenvalue weighted by Crippen LogP contribution is -2.47. The number of amides is 1. The van der Waals surface area contributed by atoms with E-state index in [4.69, 9.17) is 17.2 Å². The zero-order chi connectivity index (χ0) is 17.1. The molecule has 6 N–H and O–H groups in total. The third-order valence-electron chi connectivity index (χ3n) is 4.35. The van der Waals surface area contributed by atoms with Gasteiger partial charge >= 0.3 is 0 Å². The van der Waals surface area contributed by atoms with Crippen LogP contribution in [-0.4, -0.2) is 39.9 Å². The first-order valence-electron chi connectivity index (χ1n) is 8.10. The summed E-state index contributed by atoms with van der Waals surface area (Å²) in [5.74, 6) is 0.472. The number of carbonyl (C=O) groups excluding carboxylic acids is 1. The first-order chi connectivity index (χ1) is 11.6. The molecule has 2 aromatic rings. The maximum Gasteiger partial charge on any atom is 0.254 e. The molecule has 0 saturated carbocycles. The Balaban J connectivity index is 1.82. The Kier molecular flexibility index (Phi) is 4.61. The van der Waals surface area contributed by atoms with Crippen LogP contribution in [0.5, 0.6) is 0 Å². The third kappa shape index (κ3) is 3.30. The van der Waals surface area contributed by atoms with Crippen LogP contribution in [0.1, 0.15) is 29.6 Å². The molecule has 7 nitrogen and oxygen atoms in total. The standard InChI is InChI=1S/C17H22N6O/c18-10-13-3-1-2-8-23(13)16(24)12-6-4-11(5-7-12)14-9-15(19)22-17(20)21-14/h4-7,9,13H,1-3,8,10,18H2,(H4,19,20,21,22). The largest absolute Gasteiger partial charge is 0.384 e. The number of piperidine rings is 1. The molecule has 1 fully saturated rings. The molecular formula is C17H22N6O. The lowest BCUT2D eigenvalue weighted by atomic mass is 10.0. The van der Waals surface area contributed by atoms with Crippen LogP contribution in [0.3, 0.4) is 0 Å². The second-order valence-electron chi connectivity index (χ2n) is 6.00. The van der Waals surface area contributed by atoms with Crippen molar-refractivity contribution >= 4 is 17.7 Å². The molecule has 0 bridgehead atoms. The molecule has 1 aromatic heterocycles. The highest BCUT2D eigenvalue weighted by Gasteiger charge is 2.26. The topological polar surface area (TPSA) is 124 Å². The van der Waals surface area contributed by atoms with Crippen LogP contribution in [0.2, 0.25) is 0 Å². The van der Waals surface area contributed by atoms with E-state index in [0.29, 0.717) is 23.6 Å². The Morgan fingerprint density at radius 2 is 1.92 bits per heavy atom. The molecule has 1 atom stereocenters. The predicted octanol–water partition coefficient (Wildman–Crippen LogP) is 1.26. The van der Waals surface area contributed by atoms with Gasteiger partial charge in [-0.1, -0.05) is 12.1 Å². The molecule has 3 rings (SSSR count). The Bertz CT molecular complexity index is 710. The number of hydrogen-bond donors (Lipinski definition) is 3. The van der Waals surface area contributed by atoms with E-state index in [1.165, 1.54) is 0 Å². The zero-order valence-electron chi connectivity index (χ0n) is 13.5. The molecule has 0 spiro atoms. The average Bonchev–Trinajstić information content (AvgIpc) is 2.60. The van der Waals surface area contributed by atoms with E-state index in [9.17, 15) is 4.79 Å². The fourth-order valence-electron chi connectivity index (χ4n) is 3.10. The van der Waals surface area contributed by atoms with Gasteiger partial charge in [-0.2, -0.15) is 4.98 Å². The van der Waals surface area contributed by atoms with Gasteiger partial charge in [0.25, 0.3) is 5.91 Å². The quantitative estimate of drug-likeness (QED) is 0.780. The molecule has 1 unspecified atom stereocenters. The van der Waals surface area contributed by atoms with Gasteiger partial charge < -0.3 is 22.1 Å². The van der Waals surface area contributed by atoms with Crippen LogP contribution < -0.4 is 17.2 Å². The van der Waals surface area contributed by atoms with Gasteiger partial charge in [-0.15, -0.1) is 0 Å². The van der Waals surface area contributed by atoms with Crippen molar-refractivity contribution < 1.29 is 4.79 Å². The van der Waals surface area contributed by atoms with E-state index in [1.807, 2.05) is 17.0 Å². The molecule has 0 aliphatic carbocycles. The second-order valence-corrected chi connectivity index (χ2v) is 6.00. The molecular weight excluding hydrogens is 304 g/mol. The molecule has 126 valence electrons. The normalized spacial score (nSPS) is 17.7. The summed E-state index contributed by atoms with van der Waals surface area (Å²) < 4.78 is 0. The van der Waals surface area contributed by atoms with Gasteiger partial charge in [0.15, 0.2) is 0 Å². The van der Waals surface area contributed by atoms with Gasteiger partial charge in [0.2, 0.25) is 5.95 Å². The van der Waals surface area contributed by atoms with E-state index < -0.39 is 0 Å². The van der Waals surface area contributed by atoms with Crippen LogP contribution in [-0.2, 0) is 0 Å². The van der Waals surface area contributed by atoms with Crippen molar-refractivity contribution in [3.63, 3.8) is 0 Å². The van der Waals surface area contributed by atoms with Gasteiger partial charge in [-0.05, 0) is 31.4 Å². The van der Waals surface area contributed by atoms with Crippen LogP contribution in [0.15, 0.2) is 30.3 Å². The van der Waals surface area contributed by atoms with Gasteiger partial charge in [-0.25, -0.2) is 4.98 Å². The summed E-state index contributed by atoms with van der Waals surface area (Å²) in [6.45, 7) is 1.27. The Hall–Kier alpha value is -2.67. The summed E-state index contributed by atoms with van der Waals surface area (Å²) in [7, 11) is 0. The molecule has 24 heavy (non-hydrogen) atoms. The molecule has 1 aliphatic heterocycles. The highest BCUT2D eigenvalue weighted by molar-refractivity contribution is 5.95. The number of hydrogen-bond acceptors (Lipinski definition) is 6. The molecule has 1 amide bonds. The lowest BCUT2D eigenvalue weighted by Gasteiger charge is -2.35. The van der Waals surface area contributed by atoms with Gasteiger partial charge in [0.1, 0.15) is 5.82 Å². The fourth-order valence-corrected chi connectivity index (χ4v) is 3.10. The number of rotatable bonds is 3. The number of anilines is 2. The maximum atomic E-state index is 12.7. The molecule has 0 radical (unpaired) electrons. The van der Waals surface area contributed by atoms with Gasteiger partial charge in [0, 0.05) is 36.3 Å². The number of carbonyl (C=O) groups is 1. The van der Waals surface area contributed by atoms with Crippen LogP contribution >= 0.6 is 0 Å². The minimum absolute atomic E-state index is 0.0263.